The van der Waals surface area contributed by atoms with Gasteiger partial charge in [0.1, 0.15) is 5.82 Å². The summed E-state index contributed by atoms with van der Waals surface area (Å²) in [5, 5.41) is 6.55. The Morgan fingerprint density at radius 2 is 2.14 bits per heavy atom. The van der Waals surface area contributed by atoms with Crippen LogP contribution in [0.15, 0.2) is 23.9 Å². The van der Waals surface area contributed by atoms with Gasteiger partial charge < -0.3 is 15.5 Å². The van der Waals surface area contributed by atoms with Crippen molar-refractivity contribution in [1.82, 2.24) is 15.5 Å². The second-order valence-corrected chi connectivity index (χ2v) is 9.10. The standard InChI is InChI=1S/C21H28FN3O2S/c1-13(10-16-6-8-25(12-26)9-7-16)23-21(27)18-11-17(4-5-19(18)22)20-14(2)24-15(3)28-20/h4-5,11-13,15-16,24H,6-10H2,1-3H3,(H,23,27)/t13-,15?/m0/s1. The Bertz CT molecular complexity index is 775. The summed E-state index contributed by atoms with van der Waals surface area (Å²) < 4.78 is 14.3. The molecule has 2 aliphatic heterocycles. The summed E-state index contributed by atoms with van der Waals surface area (Å²) in [5.74, 6) is -0.410. The van der Waals surface area contributed by atoms with Crippen molar-refractivity contribution < 1.29 is 14.0 Å². The Morgan fingerprint density at radius 3 is 2.75 bits per heavy atom. The Morgan fingerprint density at radius 1 is 1.43 bits per heavy atom. The smallest absolute Gasteiger partial charge is 0.254 e. The molecule has 1 aromatic carbocycles. The predicted octanol–water partition coefficient (Wildman–Crippen LogP) is 3.57. The number of nitrogens with zero attached hydrogens (tertiary/aromatic N) is 1. The number of piperidine rings is 1. The average molecular weight is 406 g/mol. The number of hydrogen-bond acceptors (Lipinski definition) is 4. The Hall–Kier alpha value is -2.02. The lowest BCUT2D eigenvalue weighted by Gasteiger charge is -2.30. The highest BCUT2D eigenvalue weighted by molar-refractivity contribution is 8.09. The Balaban J connectivity index is 1.63. The minimum absolute atomic E-state index is 0.0492. The summed E-state index contributed by atoms with van der Waals surface area (Å²) in [6.45, 7) is 7.55. The second-order valence-electron chi connectivity index (χ2n) is 7.75. The second kappa shape index (κ2) is 8.99. The zero-order chi connectivity index (χ0) is 20.3. The summed E-state index contributed by atoms with van der Waals surface area (Å²) in [4.78, 5) is 26.3. The van der Waals surface area contributed by atoms with Gasteiger partial charge in [-0.15, -0.1) is 0 Å². The summed E-state index contributed by atoms with van der Waals surface area (Å²) in [6.07, 6.45) is 3.62. The van der Waals surface area contributed by atoms with E-state index in [4.69, 9.17) is 0 Å². The molecule has 1 unspecified atom stereocenters. The summed E-state index contributed by atoms with van der Waals surface area (Å²) >= 11 is 1.68. The molecule has 1 saturated heterocycles. The molecule has 0 aromatic heterocycles. The zero-order valence-electron chi connectivity index (χ0n) is 16.6. The fourth-order valence-corrected chi connectivity index (χ4v) is 5.03. The molecule has 0 radical (unpaired) electrons. The minimum atomic E-state index is -0.505. The average Bonchev–Trinajstić information content (AvgIpc) is 3.00. The number of benzene rings is 1. The Kier molecular flexibility index (Phi) is 6.65. The van der Waals surface area contributed by atoms with E-state index in [1.165, 1.54) is 6.07 Å². The van der Waals surface area contributed by atoms with Gasteiger partial charge in [0.15, 0.2) is 0 Å². The van der Waals surface area contributed by atoms with Gasteiger partial charge in [0.2, 0.25) is 6.41 Å². The van der Waals surface area contributed by atoms with Crippen molar-refractivity contribution in [2.24, 2.45) is 5.92 Å². The molecule has 2 N–H and O–H groups in total. The fraction of sp³-hybridized carbons (Fsp3) is 0.524. The normalized spacial score (nSPS) is 21.4. The number of rotatable bonds is 6. The van der Waals surface area contributed by atoms with E-state index in [1.54, 1.807) is 28.8 Å². The van der Waals surface area contributed by atoms with Crippen molar-refractivity contribution >= 4 is 29.0 Å². The topological polar surface area (TPSA) is 61.4 Å². The lowest BCUT2D eigenvalue weighted by molar-refractivity contribution is -0.119. The molecule has 0 aliphatic carbocycles. The first-order chi connectivity index (χ1) is 13.4. The van der Waals surface area contributed by atoms with E-state index in [0.717, 1.165) is 54.9 Å². The number of amides is 2. The lowest BCUT2D eigenvalue weighted by atomic mass is 9.91. The van der Waals surface area contributed by atoms with E-state index in [0.29, 0.717) is 5.92 Å². The summed E-state index contributed by atoms with van der Waals surface area (Å²) in [5.41, 5.74) is 1.99. The first kappa shape index (κ1) is 20.7. The molecule has 2 amide bonds. The number of likely N-dealkylation sites (tertiary alicyclic amines) is 1. The number of thioether (sulfide) groups is 1. The predicted molar refractivity (Wildman–Crippen MR) is 111 cm³/mol. The monoisotopic (exact) mass is 405 g/mol. The molecular formula is C21H28FN3O2S. The van der Waals surface area contributed by atoms with E-state index in [1.807, 2.05) is 13.8 Å². The molecule has 0 bridgehead atoms. The third-order valence-electron chi connectivity index (χ3n) is 5.39. The van der Waals surface area contributed by atoms with E-state index in [2.05, 4.69) is 17.6 Å². The van der Waals surface area contributed by atoms with Crippen molar-refractivity contribution in [3.05, 3.63) is 40.8 Å². The van der Waals surface area contributed by atoms with Gasteiger partial charge in [0.05, 0.1) is 10.9 Å². The van der Waals surface area contributed by atoms with Crippen molar-refractivity contribution in [3.8, 4) is 0 Å². The van der Waals surface area contributed by atoms with Crippen LogP contribution in [0.2, 0.25) is 0 Å². The molecule has 2 atom stereocenters. The van der Waals surface area contributed by atoms with Gasteiger partial charge in [0.25, 0.3) is 5.91 Å². The maximum Gasteiger partial charge on any atom is 0.254 e. The van der Waals surface area contributed by atoms with Crippen molar-refractivity contribution in [2.75, 3.05) is 13.1 Å². The van der Waals surface area contributed by atoms with E-state index in [-0.39, 0.29) is 22.9 Å². The molecule has 3 rings (SSSR count). The van der Waals surface area contributed by atoms with Crippen molar-refractivity contribution in [2.45, 2.75) is 51.4 Å². The molecule has 1 fully saturated rings. The van der Waals surface area contributed by atoms with Crippen LogP contribution >= 0.6 is 11.8 Å². The molecule has 5 nitrogen and oxygen atoms in total. The molecule has 7 heteroatoms. The molecule has 0 spiro atoms. The van der Waals surface area contributed by atoms with Gasteiger partial charge >= 0.3 is 0 Å². The first-order valence-electron chi connectivity index (χ1n) is 9.81. The zero-order valence-corrected chi connectivity index (χ0v) is 17.4. The van der Waals surface area contributed by atoms with Crippen LogP contribution in [0.25, 0.3) is 4.91 Å². The molecule has 0 saturated carbocycles. The van der Waals surface area contributed by atoms with E-state index < -0.39 is 5.82 Å². The maximum atomic E-state index is 14.3. The van der Waals surface area contributed by atoms with Crippen LogP contribution in [0.3, 0.4) is 0 Å². The number of nitrogens with one attached hydrogen (secondary N) is 2. The molecule has 2 aliphatic rings. The van der Waals surface area contributed by atoms with Crippen molar-refractivity contribution in [1.29, 1.82) is 0 Å². The number of allylic oxidation sites excluding steroid dienone is 1. The fourth-order valence-electron chi connectivity index (χ4n) is 3.94. The number of carbonyl (C=O) groups excluding carboxylic acids is 2. The quantitative estimate of drug-likeness (QED) is 0.711. The molecule has 152 valence electrons. The lowest BCUT2D eigenvalue weighted by Crippen LogP contribution is -2.38. The van der Waals surface area contributed by atoms with Crippen LogP contribution in [0.4, 0.5) is 4.39 Å². The summed E-state index contributed by atoms with van der Waals surface area (Å²) in [6, 6.07) is 4.69. The third-order valence-corrected chi connectivity index (χ3v) is 6.64. The number of carbonyl (C=O) groups is 2. The van der Waals surface area contributed by atoms with Crippen molar-refractivity contribution in [3.63, 3.8) is 0 Å². The maximum absolute atomic E-state index is 14.3. The number of hydrogen-bond donors (Lipinski definition) is 2. The van der Waals surface area contributed by atoms with E-state index in [9.17, 15) is 14.0 Å². The van der Waals surface area contributed by atoms with E-state index >= 15 is 0 Å². The van der Waals surface area contributed by atoms with Gasteiger partial charge in [0, 0.05) is 29.7 Å². The van der Waals surface area contributed by atoms with Crippen LogP contribution in [0, 0.1) is 11.7 Å². The van der Waals surface area contributed by atoms with Crippen LogP contribution in [0.5, 0.6) is 0 Å². The third kappa shape index (κ3) is 4.87. The molecule has 2 heterocycles. The van der Waals surface area contributed by atoms with Gasteiger partial charge in [-0.25, -0.2) is 4.39 Å². The highest BCUT2D eigenvalue weighted by Gasteiger charge is 2.24. The number of halogens is 1. The summed E-state index contributed by atoms with van der Waals surface area (Å²) in [7, 11) is 0. The van der Waals surface area contributed by atoms with Crippen LogP contribution in [-0.4, -0.2) is 41.7 Å². The van der Waals surface area contributed by atoms with Gasteiger partial charge in [-0.3, -0.25) is 9.59 Å². The van der Waals surface area contributed by atoms with Crippen LogP contribution in [0.1, 0.15) is 56.0 Å². The highest BCUT2D eigenvalue weighted by Crippen LogP contribution is 2.38. The van der Waals surface area contributed by atoms with Gasteiger partial charge in [-0.2, -0.15) is 0 Å². The SMILES string of the molecule is CC1=C(c2ccc(F)c(C(=O)N[C@@H](C)CC3CCN(C=O)CC3)c2)SC(C)N1. The highest BCUT2D eigenvalue weighted by atomic mass is 32.2. The minimum Gasteiger partial charge on any atom is -0.376 e. The molecular weight excluding hydrogens is 377 g/mol. The Labute approximate surface area is 170 Å². The first-order valence-corrected chi connectivity index (χ1v) is 10.7. The van der Waals surface area contributed by atoms with Gasteiger partial charge in [-0.1, -0.05) is 17.8 Å². The van der Waals surface area contributed by atoms with Gasteiger partial charge in [-0.05, 0) is 63.6 Å². The largest absolute Gasteiger partial charge is 0.376 e. The molecule has 1 aromatic rings. The van der Waals surface area contributed by atoms with Crippen LogP contribution in [-0.2, 0) is 4.79 Å². The molecule has 28 heavy (non-hydrogen) atoms. The van der Waals surface area contributed by atoms with Crippen LogP contribution < -0.4 is 10.6 Å².